The SMILES string of the molecule is O=C(O)C(=O)O.O=C1O[C@H]([C@@H](O)CO)C(O)=C1O. The number of ether oxygens (including phenoxy) is 1. The van der Waals surface area contributed by atoms with Crippen molar-refractivity contribution in [1.29, 1.82) is 0 Å². The molecule has 0 aromatic rings. The third-order valence-electron chi connectivity index (χ3n) is 1.66. The highest BCUT2D eigenvalue weighted by atomic mass is 16.6. The number of aliphatic hydroxyl groups is 4. The lowest BCUT2D eigenvalue weighted by molar-refractivity contribution is -0.159. The number of hydrogen-bond acceptors (Lipinski definition) is 8. The Bertz CT molecular complexity index is 371. The Kier molecular flexibility index (Phi) is 5.59. The molecule has 2 atom stereocenters. The zero-order valence-corrected chi connectivity index (χ0v) is 8.68. The lowest BCUT2D eigenvalue weighted by atomic mass is 10.2. The Hall–Kier alpha value is -2.33. The van der Waals surface area contributed by atoms with E-state index in [0.29, 0.717) is 0 Å². The summed E-state index contributed by atoms with van der Waals surface area (Å²) < 4.78 is 4.32. The number of rotatable bonds is 2. The molecule has 0 unspecified atom stereocenters. The van der Waals surface area contributed by atoms with Crippen LogP contribution in [0.2, 0.25) is 0 Å². The summed E-state index contributed by atoms with van der Waals surface area (Å²) in [6.45, 7) is -0.671. The number of cyclic esters (lactones) is 1. The molecule has 10 nitrogen and oxygen atoms in total. The number of carbonyl (C=O) groups excluding carboxylic acids is 1. The molecule has 0 fully saturated rings. The Morgan fingerprint density at radius 3 is 1.89 bits per heavy atom. The summed E-state index contributed by atoms with van der Waals surface area (Å²) in [6.07, 6.45) is -2.78. The third-order valence-corrected chi connectivity index (χ3v) is 1.66. The van der Waals surface area contributed by atoms with Crippen molar-refractivity contribution in [2.24, 2.45) is 0 Å². The van der Waals surface area contributed by atoms with E-state index in [1.165, 1.54) is 0 Å². The number of aliphatic hydroxyl groups excluding tert-OH is 4. The van der Waals surface area contributed by atoms with Crippen molar-refractivity contribution in [2.75, 3.05) is 6.61 Å². The molecule has 1 aliphatic heterocycles. The fraction of sp³-hybridized carbons (Fsp3) is 0.375. The number of esters is 1. The largest absolute Gasteiger partial charge is 0.505 e. The molecule has 0 aromatic carbocycles. The highest BCUT2D eigenvalue weighted by Gasteiger charge is 2.38. The molecule has 1 heterocycles. The monoisotopic (exact) mass is 266 g/mol. The molecule has 102 valence electrons. The van der Waals surface area contributed by atoms with Gasteiger partial charge in [-0.25, -0.2) is 14.4 Å². The van der Waals surface area contributed by atoms with Crippen molar-refractivity contribution in [3.8, 4) is 0 Å². The molecule has 1 aliphatic rings. The van der Waals surface area contributed by atoms with Crippen LogP contribution in [-0.2, 0) is 19.1 Å². The number of carboxylic acid groups (broad SMARTS) is 2. The van der Waals surface area contributed by atoms with E-state index in [0.717, 1.165) is 0 Å². The number of aliphatic carboxylic acids is 2. The van der Waals surface area contributed by atoms with Gasteiger partial charge >= 0.3 is 17.9 Å². The number of carboxylic acids is 2. The Labute approximate surface area is 99.0 Å². The molecule has 0 saturated carbocycles. The predicted molar refractivity (Wildman–Crippen MR) is 50.5 cm³/mol. The van der Waals surface area contributed by atoms with Crippen molar-refractivity contribution in [2.45, 2.75) is 12.2 Å². The Morgan fingerprint density at radius 1 is 1.22 bits per heavy atom. The summed E-state index contributed by atoms with van der Waals surface area (Å²) in [5.74, 6) is -6.43. The summed E-state index contributed by atoms with van der Waals surface area (Å²) in [5, 5.41) is 49.8. The standard InChI is InChI=1S/C6H8O6.C2H2O4/c7-1-2(8)5-3(9)4(10)6(11)12-5;3-1(4)2(5)6/h2,5,7-10H,1H2;(H,3,4)(H,5,6)/t2-,5+;/m0./s1. The van der Waals surface area contributed by atoms with Crippen LogP contribution in [0, 0.1) is 0 Å². The van der Waals surface area contributed by atoms with Gasteiger partial charge in [-0.05, 0) is 0 Å². The summed E-state index contributed by atoms with van der Waals surface area (Å²) in [7, 11) is 0. The van der Waals surface area contributed by atoms with Crippen molar-refractivity contribution in [3.05, 3.63) is 11.5 Å². The Balaban J connectivity index is 0.000000411. The van der Waals surface area contributed by atoms with Gasteiger partial charge in [0.05, 0.1) is 6.61 Å². The van der Waals surface area contributed by atoms with Crippen molar-refractivity contribution < 1.29 is 49.8 Å². The average Bonchev–Trinajstić information content (AvgIpc) is 2.56. The van der Waals surface area contributed by atoms with Crippen LogP contribution in [0.5, 0.6) is 0 Å². The molecule has 0 spiro atoms. The molecule has 18 heavy (non-hydrogen) atoms. The van der Waals surface area contributed by atoms with Gasteiger partial charge in [0.15, 0.2) is 11.9 Å². The van der Waals surface area contributed by atoms with Crippen LogP contribution in [-0.4, -0.2) is 67.4 Å². The second-order valence-corrected chi connectivity index (χ2v) is 2.92. The van der Waals surface area contributed by atoms with Crippen LogP contribution in [0.15, 0.2) is 11.5 Å². The van der Waals surface area contributed by atoms with Gasteiger partial charge in [-0.3, -0.25) is 0 Å². The van der Waals surface area contributed by atoms with E-state index >= 15 is 0 Å². The zero-order chi connectivity index (χ0) is 14.5. The van der Waals surface area contributed by atoms with Crippen LogP contribution in [0.3, 0.4) is 0 Å². The average molecular weight is 266 g/mol. The quantitative estimate of drug-likeness (QED) is 0.236. The molecule has 0 aromatic heterocycles. The normalized spacial score (nSPS) is 19.7. The van der Waals surface area contributed by atoms with Gasteiger partial charge in [0.2, 0.25) is 5.76 Å². The van der Waals surface area contributed by atoms with E-state index in [1.54, 1.807) is 0 Å². The highest BCUT2D eigenvalue weighted by Crippen LogP contribution is 2.20. The van der Waals surface area contributed by atoms with Gasteiger partial charge in [0.1, 0.15) is 6.10 Å². The van der Waals surface area contributed by atoms with Crippen LogP contribution in [0.25, 0.3) is 0 Å². The van der Waals surface area contributed by atoms with Crippen molar-refractivity contribution in [1.82, 2.24) is 0 Å². The lowest BCUT2D eigenvalue weighted by Gasteiger charge is -2.13. The zero-order valence-electron chi connectivity index (χ0n) is 8.68. The first-order chi connectivity index (χ1) is 8.22. The molecular weight excluding hydrogens is 256 g/mol. The third kappa shape index (κ3) is 3.92. The maximum atomic E-state index is 10.5. The maximum Gasteiger partial charge on any atom is 0.414 e. The molecule has 0 aliphatic carbocycles. The van der Waals surface area contributed by atoms with Gasteiger partial charge in [0.25, 0.3) is 0 Å². The van der Waals surface area contributed by atoms with Crippen LogP contribution < -0.4 is 0 Å². The van der Waals surface area contributed by atoms with Crippen molar-refractivity contribution in [3.63, 3.8) is 0 Å². The molecule has 0 bridgehead atoms. The molecule has 10 heteroatoms. The van der Waals surface area contributed by atoms with E-state index in [9.17, 15) is 4.79 Å². The second-order valence-electron chi connectivity index (χ2n) is 2.92. The first-order valence-corrected chi connectivity index (χ1v) is 4.30. The fourth-order valence-electron chi connectivity index (χ4n) is 0.823. The summed E-state index contributed by atoms with van der Waals surface area (Å²) in [5.41, 5.74) is 0. The van der Waals surface area contributed by atoms with E-state index in [-0.39, 0.29) is 0 Å². The van der Waals surface area contributed by atoms with Gasteiger partial charge in [-0.15, -0.1) is 0 Å². The van der Waals surface area contributed by atoms with Crippen LogP contribution >= 0.6 is 0 Å². The van der Waals surface area contributed by atoms with E-state index in [1.807, 2.05) is 0 Å². The smallest absolute Gasteiger partial charge is 0.414 e. The van der Waals surface area contributed by atoms with E-state index < -0.39 is 48.2 Å². The molecule has 6 N–H and O–H groups in total. The minimum Gasteiger partial charge on any atom is -0.505 e. The molecular formula is C8H10O10. The fourth-order valence-corrected chi connectivity index (χ4v) is 0.823. The minimum atomic E-state index is -1.82. The van der Waals surface area contributed by atoms with Gasteiger partial charge in [-0.2, -0.15) is 0 Å². The van der Waals surface area contributed by atoms with Crippen LogP contribution in [0.1, 0.15) is 0 Å². The van der Waals surface area contributed by atoms with Gasteiger partial charge in [-0.1, -0.05) is 0 Å². The number of hydrogen-bond donors (Lipinski definition) is 6. The van der Waals surface area contributed by atoms with E-state index in [4.69, 9.17) is 40.2 Å². The molecule has 0 amide bonds. The van der Waals surface area contributed by atoms with Crippen LogP contribution in [0.4, 0.5) is 0 Å². The maximum absolute atomic E-state index is 10.5. The summed E-state index contributed by atoms with van der Waals surface area (Å²) in [4.78, 5) is 28.7. The van der Waals surface area contributed by atoms with Crippen molar-refractivity contribution >= 4 is 17.9 Å². The van der Waals surface area contributed by atoms with Gasteiger partial charge < -0.3 is 35.4 Å². The lowest BCUT2D eigenvalue weighted by Crippen LogP contribution is -2.31. The minimum absolute atomic E-state index is 0.671. The molecule has 1 rings (SSSR count). The molecule has 0 saturated heterocycles. The highest BCUT2D eigenvalue weighted by molar-refractivity contribution is 6.27. The summed E-state index contributed by atoms with van der Waals surface area (Å²) in [6, 6.07) is 0. The first-order valence-electron chi connectivity index (χ1n) is 4.30. The van der Waals surface area contributed by atoms with E-state index in [2.05, 4.69) is 4.74 Å². The topological polar surface area (TPSA) is 182 Å². The number of carbonyl (C=O) groups is 3. The summed E-state index contributed by atoms with van der Waals surface area (Å²) >= 11 is 0. The second kappa shape index (κ2) is 6.42. The first kappa shape index (κ1) is 15.7. The molecule has 0 radical (unpaired) electrons. The Morgan fingerprint density at radius 2 is 1.67 bits per heavy atom. The predicted octanol–water partition coefficient (Wildman–Crippen LogP) is -2.25. The van der Waals surface area contributed by atoms with Gasteiger partial charge in [0, 0.05) is 0 Å².